The fraction of sp³-hybridized carbons (Fsp3) is 0.333. The molecule has 0 saturated heterocycles. The number of thiophene rings is 1. The van der Waals surface area contributed by atoms with Crippen molar-refractivity contribution in [3.8, 4) is 0 Å². The molecule has 1 aromatic heterocycles. The van der Waals surface area contributed by atoms with Crippen molar-refractivity contribution < 1.29 is 9.59 Å². The maximum absolute atomic E-state index is 12.1. The molecule has 24 heavy (non-hydrogen) atoms. The standard InChI is InChI=1S/C18H23N3O2S/c1-3-21(15-8-5-4-6-9-15)13-7-12-19-18(23)16-10-11-17(24-16)20-14(2)22/h4-6,8-11H,3,7,12-13H2,1-2H3,(H,19,23)(H,20,22). The highest BCUT2D eigenvalue weighted by Crippen LogP contribution is 2.21. The van der Waals surface area contributed by atoms with E-state index in [9.17, 15) is 9.59 Å². The first-order chi connectivity index (χ1) is 11.6. The molecule has 0 unspecified atom stereocenters. The van der Waals surface area contributed by atoms with E-state index in [1.54, 1.807) is 12.1 Å². The van der Waals surface area contributed by atoms with Crippen LogP contribution in [0.5, 0.6) is 0 Å². The average Bonchev–Trinajstić information content (AvgIpc) is 3.03. The summed E-state index contributed by atoms with van der Waals surface area (Å²) in [4.78, 5) is 26.0. The van der Waals surface area contributed by atoms with Crippen LogP contribution in [0.25, 0.3) is 0 Å². The number of amides is 2. The summed E-state index contributed by atoms with van der Waals surface area (Å²) in [5, 5.41) is 6.30. The third-order valence-electron chi connectivity index (χ3n) is 3.52. The molecule has 2 aromatic rings. The van der Waals surface area contributed by atoms with E-state index < -0.39 is 0 Å². The highest BCUT2D eigenvalue weighted by molar-refractivity contribution is 7.18. The number of carbonyl (C=O) groups excluding carboxylic acids is 2. The van der Waals surface area contributed by atoms with E-state index in [0.29, 0.717) is 16.4 Å². The largest absolute Gasteiger partial charge is 0.372 e. The zero-order valence-corrected chi connectivity index (χ0v) is 14.9. The normalized spacial score (nSPS) is 10.2. The number of rotatable bonds is 8. The van der Waals surface area contributed by atoms with Gasteiger partial charge in [-0.3, -0.25) is 9.59 Å². The summed E-state index contributed by atoms with van der Waals surface area (Å²) in [7, 11) is 0. The summed E-state index contributed by atoms with van der Waals surface area (Å²) in [5.41, 5.74) is 1.20. The lowest BCUT2D eigenvalue weighted by Crippen LogP contribution is -2.29. The van der Waals surface area contributed by atoms with E-state index in [1.165, 1.54) is 23.9 Å². The van der Waals surface area contributed by atoms with Gasteiger partial charge in [0.05, 0.1) is 9.88 Å². The Bertz CT molecular complexity index is 670. The Morgan fingerprint density at radius 2 is 1.88 bits per heavy atom. The van der Waals surface area contributed by atoms with Crippen molar-refractivity contribution in [2.45, 2.75) is 20.3 Å². The Hall–Kier alpha value is -2.34. The quantitative estimate of drug-likeness (QED) is 0.721. The van der Waals surface area contributed by atoms with Crippen LogP contribution >= 0.6 is 11.3 Å². The van der Waals surface area contributed by atoms with Crippen LogP contribution in [-0.2, 0) is 4.79 Å². The minimum atomic E-state index is -0.135. The van der Waals surface area contributed by atoms with Gasteiger partial charge in [-0.2, -0.15) is 0 Å². The molecule has 6 heteroatoms. The number of carbonyl (C=O) groups is 2. The van der Waals surface area contributed by atoms with Gasteiger partial charge in [-0.15, -0.1) is 11.3 Å². The van der Waals surface area contributed by atoms with Gasteiger partial charge in [0.15, 0.2) is 0 Å². The summed E-state index contributed by atoms with van der Waals surface area (Å²) in [6.07, 6.45) is 0.873. The van der Waals surface area contributed by atoms with E-state index in [2.05, 4.69) is 34.6 Å². The predicted molar refractivity (Wildman–Crippen MR) is 99.9 cm³/mol. The third-order valence-corrected chi connectivity index (χ3v) is 4.52. The van der Waals surface area contributed by atoms with Gasteiger partial charge in [0.2, 0.25) is 5.91 Å². The molecule has 1 heterocycles. The molecule has 5 nitrogen and oxygen atoms in total. The van der Waals surface area contributed by atoms with Crippen LogP contribution in [0.4, 0.5) is 10.7 Å². The van der Waals surface area contributed by atoms with Gasteiger partial charge < -0.3 is 15.5 Å². The summed E-state index contributed by atoms with van der Waals surface area (Å²) >= 11 is 1.28. The Morgan fingerprint density at radius 1 is 1.12 bits per heavy atom. The van der Waals surface area contributed by atoms with Crippen molar-refractivity contribution in [2.75, 3.05) is 29.9 Å². The molecule has 0 fully saturated rings. The molecule has 0 saturated carbocycles. The van der Waals surface area contributed by atoms with Crippen molar-refractivity contribution in [1.82, 2.24) is 5.32 Å². The van der Waals surface area contributed by atoms with Crippen LogP contribution in [0.2, 0.25) is 0 Å². The molecule has 1 aromatic carbocycles. The Kier molecular flexibility index (Phi) is 6.81. The van der Waals surface area contributed by atoms with Crippen molar-refractivity contribution in [3.05, 3.63) is 47.3 Å². The predicted octanol–water partition coefficient (Wildman–Crippen LogP) is 3.35. The first-order valence-electron chi connectivity index (χ1n) is 8.05. The monoisotopic (exact) mass is 345 g/mol. The zero-order chi connectivity index (χ0) is 17.4. The highest BCUT2D eigenvalue weighted by atomic mass is 32.1. The van der Waals surface area contributed by atoms with Gasteiger partial charge in [-0.05, 0) is 37.6 Å². The lowest BCUT2D eigenvalue weighted by Gasteiger charge is -2.23. The number of nitrogens with zero attached hydrogens (tertiary/aromatic N) is 1. The Balaban J connectivity index is 1.76. The van der Waals surface area contributed by atoms with Gasteiger partial charge in [0.25, 0.3) is 5.91 Å². The second kappa shape index (κ2) is 9.08. The fourth-order valence-electron chi connectivity index (χ4n) is 2.37. The van der Waals surface area contributed by atoms with Crippen molar-refractivity contribution >= 4 is 33.8 Å². The zero-order valence-electron chi connectivity index (χ0n) is 14.0. The topological polar surface area (TPSA) is 61.4 Å². The van der Waals surface area contributed by atoms with Crippen LogP contribution in [0.15, 0.2) is 42.5 Å². The van der Waals surface area contributed by atoms with Gasteiger partial charge >= 0.3 is 0 Å². The van der Waals surface area contributed by atoms with Crippen LogP contribution in [0.1, 0.15) is 29.9 Å². The van der Waals surface area contributed by atoms with Crippen LogP contribution < -0.4 is 15.5 Å². The summed E-state index contributed by atoms with van der Waals surface area (Å²) in [5.74, 6) is -0.233. The fourth-order valence-corrected chi connectivity index (χ4v) is 3.24. The smallest absolute Gasteiger partial charge is 0.261 e. The van der Waals surface area contributed by atoms with Gasteiger partial charge in [-0.1, -0.05) is 18.2 Å². The van der Waals surface area contributed by atoms with E-state index in [0.717, 1.165) is 19.5 Å². The van der Waals surface area contributed by atoms with Gasteiger partial charge in [-0.25, -0.2) is 0 Å². The summed E-state index contributed by atoms with van der Waals surface area (Å²) in [6.45, 7) is 6.02. The first-order valence-corrected chi connectivity index (χ1v) is 8.87. The van der Waals surface area contributed by atoms with Crippen LogP contribution in [0.3, 0.4) is 0 Å². The number of nitrogens with one attached hydrogen (secondary N) is 2. The van der Waals surface area contributed by atoms with Crippen molar-refractivity contribution in [1.29, 1.82) is 0 Å². The van der Waals surface area contributed by atoms with Crippen LogP contribution in [0, 0.1) is 0 Å². The molecular weight excluding hydrogens is 322 g/mol. The second-order valence-electron chi connectivity index (χ2n) is 5.37. The molecule has 2 N–H and O–H groups in total. The third kappa shape index (κ3) is 5.38. The minimum absolute atomic E-state index is 0.0978. The number of hydrogen-bond acceptors (Lipinski definition) is 4. The highest BCUT2D eigenvalue weighted by Gasteiger charge is 2.10. The number of benzene rings is 1. The molecule has 0 aliphatic heterocycles. The Morgan fingerprint density at radius 3 is 2.54 bits per heavy atom. The maximum atomic E-state index is 12.1. The SMILES string of the molecule is CCN(CCCNC(=O)c1ccc(NC(C)=O)s1)c1ccccc1. The molecule has 2 rings (SSSR count). The number of anilines is 2. The number of hydrogen-bond donors (Lipinski definition) is 2. The van der Waals surface area contributed by atoms with E-state index in [1.807, 2.05) is 18.2 Å². The molecule has 0 aliphatic rings. The molecule has 0 aliphatic carbocycles. The molecule has 128 valence electrons. The lowest BCUT2D eigenvalue weighted by molar-refractivity contribution is -0.114. The number of para-hydroxylation sites is 1. The molecule has 0 atom stereocenters. The molecule has 0 radical (unpaired) electrons. The summed E-state index contributed by atoms with van der Waals surface area (Å²) < 4.78 is 0. The molecule has 0 bridgehead atoms. The molecule has 2 amide bonds. The van der Waals surface area contributed by atoms with E-state index in [-0.39, 0.29) is 11.8 Å². The second-order valence-corrected chi connectivity index (χ2v) is 6.45. The molecule has 0 spiro atoms. The van der Waals surface area contributed by atoms with Gasteiger partial charge in [0.1, 0.15) is 0 Å². The average molecular weight is 345 g/mol. The van der Waals surface area contributed by atoms with E-state index in [4.69, 9.17) is 0 Å². The minimum Gasteiger partial charge on any atom is -0.372 e. The van der Waals surface area contributed by atoms with Crippen molar-refractivity contribution in [3.63, 3.8) is 0 Å². The maximum Gasteiger partial charge on any atom is 0.261 e. The van der Waals surface area contributed by atoms with Crippen molar-refractivity contribution in [2.24, 2.45) is 0 Å². The Labute approximate surface area is 146 Å². The molecular formula is C18H23N3O2S. The summed E-state index contributed by atoms with van der Waals surface area (Å²) in [6, 6.07) is 13.7. The lowest BCUT2D eigenvalue weighted by atomic mass is 10.2. The van der Waals surface area contributed by atoms with Gasteiger partial charge in [0, 0.05) is 32.2 Å². The van der Waals surface area contributed by atoms with E-state index >= 15 is 0 Å². The first kappa shape index (κ1) is 18.0. The van der Waals surface area contributed by atoms with Crippen LogP contribution in [-0.4, -0.2) is 31.4 Å².